The fourth-order valence-corrected chi connectivity index (χ4v) is 7.11. The van der Waals surface area contributed by atoms with E-state index >= 15 is 0 Å². The number of hydrazone groups is 1. The number of nitrogens with zero attached hydrogens (tertiary/aromatic N) is 4. The summed E-state index contributed by atoms with van der Waals surface area (Å²) in [6.45, 7) is 12.7. The van der Waals surface area contributed by atoms with E-state index in [9.17, 15) is 24.3 Å². The summed E-state index contributed by atoms with van der Waals surface area (Å²) in [5.74, 6) is -1.54. The number of rotatable bonds is 12. The first kappa shape index (κ1) is 42.1. The van der Waals surface area contributed by atoms with Gasteiger partial charge in [0.25, 0.3) is 17.7 Å². The van der Waals surface area contributed by atoms with Crippen LogP contribution < -0.4 is 20.0 Å². The second kappa shape index (κ2) is 17.0. The van der Waals surface area contributed by atoms with Crippen molar-refractivity contribution in [2.45, 2.75) is 71.3 Å². The molecule has 0 fully saturated rings. The normalized spacial score (nSPS) is 14.3. The number of ether oxygens (including phenoxy) is 1. The summed E-state index contributed by atoms with van der Waals surface area (Å²) in [6, 6.07) is 21.4. The molecule has 2 N–H and O–H groups in total. The molecule has 11 nitrogen and oxygen atoms in total. The fraction of sp³-hybridized carbons (Fsp3) is 0.310. The van der Waals surface area contributed by atoms with Crippen LogP contribution in [0.15, 0.2) is 90.0 Å². The monoisotopic (exact) mass is 819 g/mol. The van der Waals surface area contributed by atoms with Crippen LogP contribution in [0.25, 0.3) is 0 Å². The lowest BCUT2D eigenvalue weighted by Gasteiger charge is -2.30. The zero-order valence-electron chi connectivity index (χ0n) is 32.2. The van der Waals surface area contributed by atoms with E-state index in [1.807, 2.05) is 12.1 Å². The van der Waals surface area contributed by atoms with Gasteiger partial charge < -0.3 is 15.2 Å². The average molecular weight is 821 g/mol. The smallest absolute Gasteiger partial charge is 0.412 e. The van der Waals surface area contributed by atoms with Crippen LogP contribution in [-0.2, 0) is 20.4 Å². The van der Waals surface area contributed by atoms with Crippen molar-refractivity contribution in [3.8, 4) is 5.75 Å². The maximum Gasteiger partial charge on any atom is 0.412 e. The number of hydrogen-bond acceptors (Lipinski definition) is 6. The first-order valence-corrected chi connectivity index (χ1v) is 19.1. The molecule has 4 aromatic carbocycles. The van der Waals surface area contributed by atoms with Gasteiger partial charge in [-0.05, 0) is 77.8 Å². The lowest BCUT2D eigenvalue weighted by Crippen LogP contribution is -2.54. The molecule has 0 saturated carbocycles. The van der Waals surface area contributed by atoms with Gasteiger partial charge in [0.05, 0.1) is 10.0 Å². The standard InChI is InChI=1S/C42H44Cl3N5O6/c1-8-41(3,4)26-18-19-33(30(21-26)42(5,6)9-2)56-24-34(51)46-28-15-13-14-25(20-28)38(52)48(7)37-36(49(40(54)55)29-16-11-10-12-17-29)39(53)50(47-37)35-31(44)22-27(43)23-32(35)45/h10-23,36H,8-9,24H2,1-7H3,(H,46,51)(H,54,55). The predicted molar refractivity (Wildman–Crippen MR) is 223 cm³/mol. The Hall–Kier alpha value is -5.10. The van der Waals surface area contributed by atoms with Crippen LogP contribution in [0.5, 0.6) is 5.75 Å². The van der Waals surface area contributed by atoms with E-state index in [-0.39, 0.29) is 55.3 Å². The highest BCUT2D eigenvalue weighted by Crippen LogP contribution is 2.41. The van der Waals surface area contributed by atoms with Gasteiger partial charge in [-0.25, -0.2) is 4.79 Å². The Kier molecular flexibility index (Phi) is 12.7. The number of carbonyl (C=O) groups excluding carboxylic acids is 3. The van der Waals surface area contributed by atoms with Crippen LogP contribution in [0.3, 0.4) is 0 Å². The predicted octanol–water partition coefficient (Wildman–Crippen LogP) is 10.0. The van der Waals surface area contributed by atoms with Gasteiger partial charge in [0.2, 0.25) is 0 Å². The average Bonchev–Trinajstić information content (AvgIpc) is 3.48. The molecule has 0 bridgehead atoms. The Morgan fingerprint density at radius 3 is 2.12 bits per heavy atom. The first-order valence-electron chi connectivity index (χ1n) is 18.0. The molecule has 56 heavy (non-hydrogen) atoms. The lowest BCUT2D eigenvalue weighted by molar-refractivity contribution is -0.118. The zero-order chi connectivity index (χ0) is 41.1. The van der Waals surface area contributed by atoms with Gasteiger partial charge in [-0.1, -0.05) is 113 Å². The molecule has 0 saturated heterocycles. The number of para-hydroxylation sites is 1. The maximum atomic E-state index is 14.2. The minimum Gasteiger partial charge on any atom is -0.483 e. The van der Waals surface area contributed by atoms with Crippen LogP contribution >= 0.6 is 34.8 Å². The Morgan fingerprint density at radius 1 is 0.875 bits per heavy atom. The van der Waals surface area contributed by atoms with Crippen molar-refractivity contribution in [2.24, 2.45) is 5.10 Å². The summed E-state index contributed by atoms with van der Waals surface area (Å²) in [5, 5.41) is 18.6. The van der Waals surface area contributed by atoms with Crippen molar-refractivity contribution < 1.29 is 29.0 Å². The van der Waals surface area contributed by atoms with E-state index in [2.05, 4.69) is 58.0 Å². The molecule has 5 rings (SSSR count). The molecule has 1 aliphatic heterocycles. The molecule has 1 aliphatic rings. The Balaban J connectivity index is 1.41. The highest BCUT2D eigenvalue weighted by Gasteiger charge is 2.47. The third kappa shape index (κ3) is 8.80. The molecule has 4 aromatic rings. The van der Waals surface area contributed by atoms with Crippen LogP contribution in [0, 0.1) is 0 Å². The molecular weight excluding hydrogens is 777 g/mol. The van der Waals surface area contributed by atoms with Crippen molar-refractivity contribution in [3.63, 3.8) is 0 Å². The number of amidine groups is 1. The minimum absolute atomic E-state index is 0.0228. The van der Waals surface area contributed by atoms with E-state index in [1.165, 1.54) is 49.0 Å². The van der Waals surface area contributed by atoms with Gasteiger partial charge in [0.15, 0.2) is 18.5 Å². The number of amides is 4. The topological polar surface area (TPSA) is 132 Å². The third-order valence-corrected chi connectivity index (χ3v) is 11.0. The summed E-state index contributed by atoms with van der Waals surface area (Å²) in [6.07, 6.45) is 0.353. The van der Waals surface area contributed by atoms with Crippen LogP contribution in [0.4, 0.5) is 21.9 Å². The molecule has 1 unspecified atom stereocenters. The van der Waals surface area contributed by atoms with Gasteiger partial charge >= 0.3 is 6.09 Å². The number of benzene rings is 4. The van der Waals surface area contributed by atoms with Crippen molar-refractivity contribution in [3.05, 3.63) is 117 Å². The molecule has 0 spiro atoms. The van der Waals surface area contributed by atoms with E-state index in [4.69, 9.17) is 39.5 Å². The molecule has 1 heterocycles. The number of nitrogens with one attached hydrogen (secondary N) is 1. The second-order valence-electron chi connectivity index (χ2n) is 14.7. The zero-order valence-corrected chi connectivity index (χ0v) is 34.5. The van der Waals surface area contributed by atoms with Crippen LogP contribution in [0.1, 0.15) is 75.9 Å². The van der Waals surface area contributed by atoms with E-state index in [1.54, 1.807) is 30.3 Å². The third-order valence-electron chi connectivity index (χ3n) is 10.2. The van der Waals surface area contributed by atoms with Gasteiger partial charge in [0.1, 0.15) is 11.4 Å². The minimum atomic E-state index is -1.63. The molecule has 1 atom stereocenters. The summed E-state index contributed by atoms with van der Waals surface area (Å²) in [4.78, 5) is 56.2. The summed E-state index contributed by atoms with van der Waals surface area (Å²) in [5.41, 5.74) is 2.52. The van der Waals surface area contributed by atoms with Crippen molar-refractivity contribution in [1.29, 1.82) is 0 Å². The van der Waals surface area contributed by atoms with Crippen molar-refractivity contribution in [1.82, 2.24) is 4.90 Å². The number of carbonyl (C=O) groups is 4. The highest BCUT2D eigenvalue weighted by atomic mass is 35.5. The van der Waals surface area contributed by atoms with E-state index in [0.29, 0.717) is 11.4 Å². The van der Waals surface area contributed by atoms with Gasteiger partial charge in [-0.3, -0.25) is 24.2 Å². The Labute approximate surface area is 341 Å². The van der Waals surface area contributed by atoms with Gasteiger partial charge in [-0.15, -0.1) is 5.10 Å². The summed E-state index contributed by atoms with van der Waals surface area (Å²) >= 11 is 19.0. The maximum absolute atomic E-state index is 14.2. The summed E-state index contributed by atoms with van der Waals surface area (Å²) < 4.78 is 6.10. The number of halogens is 3. The largest absolute Gasteiger partial charge is 0.483 e. The van der Waals surface area contributed by atoms with Crippen LogP contribution in [0.2, 0.25) is 15.1 Å². The molecule has 4 amide bonds. The molecule has 294 valence electrons. The Bertz CT molecular complexity index is 2170. The molecule has 14 heteroatoms. The molecule has 0 aliphatic carbocycles. The molecular formula is C42H44Cl3N5O6. The Morgan fingerprint density at radius 2 is 1.52 bits per heavy atom. The lowest BCUT2D eigenvalue weighted by atomic mass is 9.76. The second-order valence-corrected chi connectivity index (χ2v) is 15.9. The fourth-order valence-electron chi connectivity index (χ4n) is 6.13. The highest BCUT2D eigenvalue weighted by molar-refractivity contribution is 6.43. The van der Waals surface area contributed by atoms with Crippen molar-refractivity contribution >= 4 is 81.5 Å². The number of hydrogen-bond donors (Lipinski definition) is 2. The van der Waals surface area contributed by atoms with Crippen LogP contribution in [-0.4, -0.2) is 59.4 Å². The molecule has 0 aromatic heterocycles. The van der Waals surface area contributed by atoms with Gasteiger partial charge in [-0.2, -0.15) is 5.01 Å². The van der Waals surface area contributed by atoms with Gasteiger partial charge in [0, 0.05) is 34.6 Å². The number of anilines is 3. The van der Waals surface area contributed by atoms with E-state index in [0.717, 1.165) is 33.2 Å². The molecule has 0 radical (unpaired) electrons. The quantitative estimate of drug-likeness (QED) is 0.146. The SMILES string of the molecule is CCC(C)(C)c1ccc(OCC(=O)Nc2cccc(C(=O)N(C)C3=NN(c4c(Cl)cc(Cl)cc4Cl)C(=O)C3N(C(=O)O)c3ccccc3)c2)c(C(C)(C)CC)c1. The number of likely N-dealkylation sites (N-methyl/N-ethyl adjacent to an activating group) is 1. The number of carboxylic acid groups (broad SMARTS) is 1. The van der Waals surface area contributed by atoms with E-state index < -0.39 is 29.9 Å². The van der Waals surface area contributed by atoms with Crippen molar-refractivity contribution in [2.75, 3.05) is 28.9 Å². The summed E-state index contributed by atoms with van der Waals surface area (Å²) in [7, 11) is 1.36. The first-order chi connectivity index (χ1) is 26.4.